The second-order valence-electron chi connectivity index (χ2n) is 6.73. The molecule has 1 N–H and O–H groups in total. The highest BCUT2D eigenvalue weighted by Crippen LogP contribution is 2.22. The van der Waals surface area contributed by atoms with Crippen LogP contribution < -0.4 is 15.8 Å². The van der Waals surface area contributed by atoms with Gasteiger partial charge in [-0.05, 0) is 56.7 Å². The quantitative estimate of drug-likeness (QED) is 0.682. The average molecular weight is 378 g/mol. The van der Waals surface area contributed by atoms with E-state index in [2.05, 4.69) is 35.1 Å². The van der Waals surface area contributed by atoms with Crippen molar-refractivity contribution in [2.75, 3.05) is 23.3 Å². The summed E-state index contributed by atoms with van der Waals surface area (Å²) in [6, 6.07) is 13.3. The van der Waals surface area contributed by atoms with E-state index in [1.807, 2.05) is 31.2 Å². The highest BCUT2D eigenvalue weighted by atomic mass is 16.2. The van der Waals surface area contributed by atoms with Crippen LogP contribution in [0, 0.1) is 6.92 Å². The van der Waals surface area contributed by atoms with Crippen LogP contribution in [0.1, 0.15) is 25.8 Å². The summed E-state index contributed by atoms with van der Waals surface area (Å²) in [5.41, 5.74) is 3.50. The second-order valence-corrected chi connectivity index (χ2v) is 6.73. The van der Waals surface area contributed by atoms with Gasteiger partial charge in [0, 0.05) is 37.4 Å². The van der Waals surface area contributed by atoms with Gasteiger partial charge in [0.05, 0.1) is 17.2 Å². The smallest absolute Gasteiger partial charge is 0.261 e. The molecule has 1 aromatic heterocycles. The summed E-state index contributed by atoms with van der Waals surface area (Å²) < 4.78 is 1.48. The zero-order valence-corrected chi connectivity index (χ0v) is 16.6. The maximum Gasteiger partial charge on any atom is 0.261 e. The van der Waals surface area contributed by atoms with E-state index in [1.54, 1.807) is 12.1 Å². The number of hydrogen-bond acceptors (Lipinski definition) is 4. The van der Waals surface area contributed by atoms with Crippen LogP contribution in [0.2, 0.25) is 0 Å². The fourth-order valence-electron chi connectivity index (χ4n) is 3.27. The summed E-state index contributed by atoms with van der Waals surface area (Å²) in [4.78, 5) is 31.4. The standard InChI is InChI=1S/C22H26N4O2/c1-4-25(5-2)17-10-11-19(16(3)14-17)24-21(27)12-13-26-15-23-20-9-7-6-8-18(20)22(26)28/h6-11,14-15H,4-5,12-13H2,1-3H3,(H,24,27). The van der Waals surface area contributed by atoms with Crippen molar-refractivity contribution in [2.45, 2.75) is 33.7 Å². The number of hydrogen-bond donors (Lipinski definition) is 1. The van der Waals surface area contributed by atoms with Crippen LogP contribution in [0.4, 0.5) is 11.4 Å². The molecule has 0 unspecified atom stereocenters. The molecule has 0 aliphatic heterocycles. The predicted molar refractivity (Wildman–Crippen MR) is 114 cm³/mol. The fourth-order valence-corrected chi connectivity index (χ4v) is 3.27. The average Bonchev–Trinajstić information content (AvgIpc) is 2.70. The number of benzene rings is 2. The van der Waals surface area contributed by atoms with Crippen LogP contribution in [0.5, 0.6) is 0 Å². The van der Waals surface area contributed by atoms with Crippen molar-refractivity contribution in [1.29, 1.82) is 0 Å². The Morgan fingerprint density at radius 1 is 1.14 bits per heavy atom. The Kier molecular flexibility index (Phi) is 6.09. The van der Waals surface area contributed by atoms with Gasteiger partial charge in [-0.15, -0.1) is 0 Å². The topological polar surface area (TPSA) is 67.2 Å². The summed E-state index contributed by atoms with van der Waals surface area (Å²) in [7, 11) is 0. The molecule has 6 nitrogen and oxygen atoms in total. The molecule has 0 aliphatic rings. The van der Waals surface area contributed by atoms with Crippen LogP contribution in [0.25, 0.3) is 10.9 Å². The van der Waals surface area contributed by atoms with E-state index in [0.717, 1.165) is 30.0 Å². The lowest BCUT2D eigenvalue weighted by Gasteiger charge is -2.22. The molecule has 0 saturated heterocycles. The molecule has 1 amide bonds. The molecule has 3 rings (SSSR count). The van der Waals surface area contributed by atoms with Gasteiger partial charge in [0.2, 0.25) is 5.91 Å². The molecule has 0 radical (unpaired) electrons. The highest BCUT2D eigenvalue weighted by molar-refractivity contribution is 5.91. The number of fused-ring (bicyclic) bond motifs is 1. The number of amides is 1. The van der Waals surface area contributed by atoms with E-state index in [0.29, 0.717) is 17.4 Å². The molecule has 0 fully saturated rings. The van der Waals surface area contributed by atoms with E-state index < -0.39 is 0 Å². The first-order chi connectivity index (χ1) is 13.5. The molecular weight excluding hydrogens is 352 g/mol. The third kappa shape index (κ3) is 4.22. The molecule has 28 heavy (non-hydrogen) atoms. The second kappa shape index (κ2) is 8.69. The third-order valence-corrected chi connectivity index (χ3v) is 4.92. The minimum absolute atomic E-state index is 0.126. The molecule has 1 heterocycles. The summed E-state index contributed by atoms with van der Waals surface area (Å²) >= 11 is 0. The van der Waals surface area contributed by atoms with Gasteiger partial charge in [-0.3, -0.25) is 14.2 Å². The van der Waals surface area contributed by atoms with E-state index in [1.165, 1.54) is 10.9 Å². The normalized spacial score (nSPS) is 10.8. The molecular formula is C22H26N4O2. The van der Waals surface area contributed by atoms with Crippen molar-refractivity contribution < 1.29 is 4.79 Å². The lowest BCUT2D eigenvalue weighted by Crippen LogP contribution is -2.24. The molecule has 146 valence electrons. The molecule has 0 saturated carbocycles. The Morgan fingerprint density at radius 3 is 2.61 bits per heavy atom. The Morgan fingerprint density at radius 2 is 1.89 bits per heavy atom. The number of carbonyl (C=O) groups is 1. The number of anilines is 2. The molecule has 2 aromatic carbocycles. The Hall–Kier alpha value is -3.15. The molecule has 6 heteroatoms. The van der Waals surface area contributed by atoms with Gasteiger partial charge in [-0.1, -0.05) is 12.1 Å². The minimum atomic E-state index is -0.127. The first-order valence-electron chi connectivity index (χ1n) is 9.63. The van der Waals surface area contributed by atoms with Crippen molar-refractivity contribution in [3.05, 3.63) is 64.7 Å². The summed E-state index contributed by atoms with van der Waals surface area (Å²) in [6.45, 7) is 8.40. The number of aryl methyl sites for hydroxylation is 2. The Labute approximate surface area is 164 Å². The largest absolute Gasteiger partial charge is 0.372 e. The van der Waals surface area contributed by atoms with Gasteiger partial charge in [-0.2, -0.15) is 0 Å². The number of para-hydroxylation sites is 1. The summed E-state index contributed by atoms with van der Waals surface area (Å²) in [5, 5.41) is 3.51. The Balaban J connectivity index is 1.66. The fraction of sp³-hybridized carbons (Fsp3) is 0.318. The van der Waals surface area contributed by atoms with E-state index in [-0.39, 0.29) is 17.9 Å². The van der Waals surface area contributed by atoms with E-state index in [4.69, 9.17) is 0 Å². The maximum absolute atomic E-state index is 12.5. The number of rotatable bonds is 7. The number of aromatic nitrogens is 2. The SMILES string of the molecule is CCN(CC)c1ccc(NC(=O)CCn2cnc3ccccc3c2=O)c(C)c1. The van der Waals surface area contributed by atoms with Crippen LogP contribution in [0.15, 0.2) is 53.6 Å². The van der Waals surface area contributed by atoms with Gasteiger partial charge in [0.1, 0.15) is 0 Å². The lowest BCUT2D eigenvalue weighted by atomic mass is 10.1. The van der Waals surface area contributed by atoms with Crippen molar-refractivity contribution in [2.24, 2.45) is 0 Å². The van der Waals surface area contributed by atoms with Crippen LogP contribution in [-0.2, 0) is 11.3 Å². The molecule has 0 atom stereocenters. The van der Waals surface area contributed by atoms with Gasteiger partial charge in [0.25, 0.3) is 5.56 Å². The molecule has 3 aromatic rings. The molecule has 0 spiro atoms. The molecule has 0 aliphatic carbocycles. The van der Waals surface area contributed by atoms with E-state index in [9.17, 15) is 9.59 Å². The predicted octanol–water partition coefficient (Wildman–Crippen LogP) is 3.58. The van der Waals surface area contributed by atoms with Gasteiger partial charge >= 0.3 is 0 Å². The lowest BCUT2D eigenvalue weighted by molar-refractivity contribution is -0.116. The van der Waals surface area contributed by atoms with Crippen molar-refractivity contribution in [1.82, 2.24) is 9.55 Å². The Bertz CT molecular complexity index is 1040. The summed E-state index contributed by atoms with van der Waals surface area (Å²) in [6.07, 6.45) is 1.71. The maximum atomic E-state index is 12.5. The van der Waals surface area contributed by atoms with Crippen LogP contribution in [-0.4, -0.2) is 28.5 Å². The molecule has 0 bridgehead atoms. The van der Waals surface area contributed by atoms with Crippen LogP contribution in [0.3, 0.4) is 0 Å². The highest BCUT2D eigenvalue weighted by Gasteiger charge is 2.09. The number of nitrogens with one attached hydrogen (secondary N) is 1. The van der Waals surface area contributed by atoms with Gasteiger partial charge < -0.3 is 10.2 Å². The zero-order valence-electron chi connectivity index (χ0n) is 16.6. The third-order valence-electron chi connectivity index (χ3n) is 4.92. The van der Waals surface area contributed by atoms with Gasteiger partial charge in [-0.25, -0.2) is 4.98 Å². The van der Waals surface area contributed by atoms with Crippen molar-refractivity contribution in [3.8, 4) is 0 Å². The zero-order chi connectivity index (χ0) is 20.1. The van der Waals surface area contributed by atoms with E-state index >= 15 is 0 Å². The first-order valence-corrected chi connectivity index (χ1v) is 9.63. The van der Waals surface area contributed by atoms with Gasteiger partial charge in [0.15, 0.2) is 0 Å². The minimum Gasteiger partial charge on any atom is -0.372 e. The monoisotopic (exact) mass is 378 g/mol. The summed E-state index contributed by atoms with van der Waals surface area (Å²) in [5.74, 6) is -0.126. The van der Waals surface area contributed by atoms with Crippen LogP contribution >= 0.6 is 0 Å². The number of nitrogens with zero attached hydrogens (tertiary/aromatic N) is 3. The van der Waals surface area contributed by atoms with Crippen molar-refractivity contribution in [3.63, 3.8) is 0 Å². The van der Waals surface area contributed by atoms with Crippen molar-refractivity contribution >= 4 is 28.2 Å². The first kappa shape index (κ1) is 19.6. The number of carbonyl (C=O) groups excluding carboxylic acids is 1.